The number of ether oxygens (including phenoxy) is 1. The SMILES string of the molecule is C=C(Br)C[C@H](NC(=O)[C@@H]1CCCO1)C(=O)O. The van der Waals surface area contributed by atoms with Crippen molar-refractivity contribution in [2.45, 2.75) is 31.4 Å². The van der Waals surface area contributed by atoms with Gasteiger partial charge in [-0.25, -0.2) is 4.79 Å². The van der Waals surface area contributed by atoms with Gasteiger partial charge in [-0.3, -0.25) is 4.79 Å². The van der Waals surface area contributed by atoms with Crippen molar-refractivity contribution in [3.05, 3.63) is 11.1 Å². The molecule has 0 aromatic heterocycles. The lowest BCUT2D eigenvalue weighted by atomic mass is 10.1. The van der Waals surface area contributed by atoms with Crippen molar-refractivity contribution in [1.29, 1.82) is 0 Å². The third-order valence-electron chi connectivity index (χ3n) is 2.26. The standard InChI is InChI=1S/C10H14BrNO4/c1-6(11)5-7(10(14)15)12-9(13)8-3-2-4-16-8/h7-8H,1-5H2,(H,12,13)(H,14,15)/t7-,8-/m0/s1. The van der Waals surface area contributed by atoms with Crippen LogP contribution in [0.15, 0.2) is 11.1 Å². The van der Waals surface area contributed by atoms with E-state index in [4.69, 9.17) is 9.84 Å². The third kappa shape index (κ3) is 3.94. The van der Waals surface area contributed by atoms with Crippen molar-refractivity contribution in [3.8, 4) is 0 Å². The quantitative estimate of drug-likeness (QED) is 0.793. The summed E-state index contributed by atoms with van der Waals surface area (Å²) in [6.07, 6.45) is 1.13. The maximum Gasteiger partial charge on any atom is 0.326 e. The van der Waals surface area contributed by atoms with Gasteiger partial charge in [0.15, 0.2) is 0 Å². The van der Waals surface area contributed by atoms with Crippen LogP contribution in [0.5, 0.6) is 0 Å². The average molecular weight is 292 g/mol. The van der Waals surface area contributed by atoms with Crippen LogP contribution in [0.25, 0.3) is 0 Å². The Morgan fingerprint density at radius 3 is 2.75 bits per heavy atom. The molecule has 1 aliphatic rings. The number of hydrogen-bond donors (Lipinski definition) is 2. The van der Waals surface area contributed by atoms with E-state index in [9.17, 15) is 9.59 Å². The highest BCUT2D eigenvalue weighted by atomic mass is 79.9. The fraction of sp³-hybridized carbons (Fsp3) is 0.600. The van der Waals surface area contributed by atoms with Crippen molar-refractivity contribution in [1.82, 2.24) is 5.32 Å². The number of carbonyl (C=O) groups excluding carboxylic acids is 1. The normalized spacial score (nSPS) is 21.4. The third-order valence-corrected chi connectivity index (χ3v) is 2.59. The van der Waals surface area contributed by atoms with Gasteiger partial charge in [-0.2, -0.15) is 0 Å². The largest absolute Gasteiger partial charge is 0.480 e. The van der Waals surface area contributed by atoms with E-state index in [0.29, 0.717) is 17.5 Å². The smallest absolute Gasteiger partial charge is 0.326 e. The molecule has 0 unspecified atom stereocenters. The molecule has 1 amide bonds. The van der Waals surface area contributed by atoms with Crippen molar-refractivity contribution in [3.63, 3.8) is 0 Å². The Bertz CT molecular complexity index is 299. The van der Waals surface area contributed by atoms with Gasteiger partial charge in [-0.15, -0.1) is 0 Å². The summed E-state index contributed by atoms with van der Waals surface area (Å²) in [5.74, 6) is -1.44. The average Bonchev–Trinajstić information content (AvgIpc) is 2.68. The topological polar surface area (TPSA) is 75.6 Å². The number of carboxylic acids is 1. The van der Waals surface area contributed by atoms with Crippen LogP contribution in [0.3, 0.4) is 0 Å². The summed E-state index contributed by atoms with van der Waals surface area (Å²) in [5.41, 5.74) is 0. The van der Waals surface area contributed by atoms with Gasteiger partial charge in [0.2, 0.25) is 5.91 Å². The summed E-state index contributed by atoms with van der Waals surface area (Å²) in [6.45, 7) is 4.11. The number of hydrogen-bond acceptors (Lipinski definition) is 3. The molecule has 0 aromatic rings. The number of carboxylic acid groups (broad SMARTS) is 1. The second kappa shape index (κ2) is 6.00. The molecule has 90 valence electrons. The number of rotatable bonds is 5. The van der Waals surface area contributed by atoms with E-state index in [1.807, 2.05) is 0 Å². The van der Waals surface area contributed by atoms with Crippen LogP contribution in [-0.4, -0.2) is 35.7 Å². The second-order valence-electron chi connectivity index (χ2n) is 3.62. The van der Waals surface area contributed by atoms with Gasteiger partial charge >= 0.3 is 5.97 Å². The summed E-state index contributed by atoms with van der Waals surface area (Å²) >= 11 is 3.08. The Balaban J connectivity index is 2.50. The molecule has 1 heterocycles. The molecule has 1 saturated heterocycles. The van der Waals surface area contributed by atoms with Gasteiger partial charge in [0.1, 0.15) is 12.1 Å². The summed E-state index contributed by atoms with van der Waals surface area (Å²) in [5, 5.41) is 11.3. The Hall–Kier alpha value is -0.880. The van der Waals surface area contributed by atoms with Crippen molar-refractivity contribution in [2.24, 2.45) is 0 Å². The van der Waals surface area contributed by atoms with Crippen LogP contribution in [0.2, 0.25) is 0 Å². The predicted molar refractivity (Wildman–Crippen MR) is 61.2 cm³/mol. The molecule has 6 heteroatoms. The van der Waals surface area contributed by atoms with E-state index in [1.165, 1.54) is 0 Å². The molecule has 1 aliphatic heterocycles. The fourth-order valence-electron chi connectivity index (χ4n) is 1.47. The van der Waals surface area contributed by atoms with E-state index in [0.717, 1.165) is 6.42 Å². The number of halogens is 1. The van der Waals surface area contributed by atoms with Crippen LogP contribution < -0.4 is 5.32 Å². The van der Waals surface area contributed by atoms with E-state index < -0.39 is 18.1 Å². The highest BCUT2D eigenvalue weighted by molar-refractivity contribution is 9.11. The molecule has 0 spiro atoms. The van der Waals surface area contributed by atoms with Crippen LogP contribution in [0, 0.1) is 0 Å². The summed E-state index contributed by atoms with van der Waals surface area (Å²) in [4.78, 5) is 22.5. The van der Waals surface area contributed by atoms with E-state index in [2.05, 4.69) is 27.8 Å². The van der Waals surface area contributed by atoms with Crippen molar-refractivity contribution < 1.29 is 19.4 Å². The minimum atomic E-state index is -1.08. The van der Waals surface area contributed by atoms with Gasteiger partial charge in [0.25, 0.3) is 0 Å². The second-order valence-corrected chi connectivity index (χ2v) is 4.74. The molecule has 0 radical (unpaired) electrons. The molecule has 2 N–H and O–H groups in total. The zero-order valence-corrected chi connectivity index (χ0v) is 10.3. The molecular weight excluding hydrogens is 278 g/mol. The first kappa shape index (κ1) is 13.2. The first-order valence-electron chi connectivity index (χ1n) is 4.98. The van der Waals surface area contributed by atoms with Gasteiger partial charge in [-0.1, -0.05) is 22.5 Å². The predicted octanol–water partition coefficient (Wildman–Crippen LogP) is 1.03. The van der Waals surface area contributed by atoms with Gasteiger partial charge < -0.3 is 15.2 Å². The van der Waals surface area contributed by atoms with Crippen molar-refractivity contribution in [2.75, 3.05) is 6.61 Å². The Labute approximate surface area is 102 Å². The van der Waals surface area contributed by atoms with Gasteiger partial charge in [-0.05, 0) is 17.3 Å². The minimum absolute atomic E-state index is 0.161. The minimum Gasteiger partial charge on any atom is -0.480 e. The number of nitrogens with one attached hydrogen (secondary N) is 1. The lowest BCUT2D eigenvalue weighted by molar-refractivity contribution is -0.143. The molecule has 0 saturated carbocycles. The zero-order valence-electron chi connectivity index (χ0n) is 8.74. The molecule has 16 heavy (non-hydrogen) atoms. The van der Waals surface area contributed by atoms with Gasteiger partial charge in [0.05, 0.1) is 0 Å². The number of amides is 1. The highest BCUT2D eigenvalue weighted by Gasteiger charge is 2.28. The summed E-state index contributed by atoms with van der Waals surface area (Å²) in [6, 6.07) is -0.955. The van der Waals surface area contributed by atoms with Gasteiger partial charge in [0, 0.05) is 13.0 Å². The fourth-order valence-corrected chi connectivity index (χ4v) is 1.79. The molecule has 0 bridgehead atoms. The molecular formula is C10H14BrNO4. The highest BCUT2D eigenvalue weighted by Crippen LogP contribution is 2.14. The van der Waals surface area contributed by atoms with Crippen LogP contribution in [-0.2, 0) is 14.3 Å². The summed E-state index contributed by atoms with van der Waals surface area (Å²) < 4.78 is 5.70. The maximum atomic E-state index is 11.6. The Morgan fingerprint density at radius 2 is 2.31 bits per heavy atom. The van der Waals surface area contributed by atoms with E-state index in [1.54, 1.807) is 0 Å². The lowest BCUT2D eigenvalue weighted by Gasteiger charge is -2.16. The zero-order chi connectivity index (χ0) is 12.1. The van der Waals surface area contributed by atoms with E-state index >= 15 is 0 Å². The van der Waals surface area contributed by atoms with Crippen LogP contribution in [0.1, 0.15) is 19.3 Å². The lowest BCUT2D eigenvalue weighted by Crippen LogP contribution is -2.45. The van der Waals surface area contributed by atoms with Crippen LogP contribution >= 0.6 is 15.9 Å². The van der Waals surface area contributed by atoms with Crippen LogP contribution in [0.4, 0.5) is 0 Å². The van der Waals surface area contributed by atoms with Crippen molar-refractivity contribution >= 4 is 27.8 Å². The molecule has 0 aliphatic carbocycles. The number of aliphatic carboxylic acids is 1. The maximum absolute atomic E-state index is 11.6. The summed E-state index contributed by atoms with van der Waals surface area (Å²) in [7, 11) is 0. The first-order valence-corrected chi connectivity index (χ1v) is 5.78. The molecule has 1 fully saturated rings. The molecule has 0 aromatic carbocycles. The first-order chi connectivity index (χ1) is 7.50. The molecule has 5 nitrogen and oxygen atoms in total. The van der Waals surface area contributed by atoms with E-state index in [-0.39, 0.29) is 12.3 Å². The Kier molecular flexibility index (Phi) is 4.95. The molecule has 2 atom stereocenters. The monoisotopic (exact) mass is 291 g/mol. The molecule has 1 rings (SSSR count). The Morgan fingerprint density at radius 1 is 1.62 bits per heavy atom. The number of carbonyl (C=O) groups is 2.